The second kappa shape index (κ2) is 5.27. The molecule has 1 rings (SSSR count). The first-order chi connectivity index (χ1) is 4.33. The van der Waals surface area contributed by atoms with Crippen LogP contribution in [0.1, 0.15) is 5.56 Å². The van der Waals surface area contributed by atoms with Crippen molar-refractivity contribution in [2.45, 2.75) is 6.61 Å². The maximum Gasteiger partial charge on any atom is 0.0697 e. The maximum atomic E-state index is 8.60. The fourth-order valence-corrected chi connectivity index (χ4v) is 0.955. The summed E-state index contributed by atoms with van der Waals surface area (Å²) in [6, 6.07) is 1.83. The Hall–Kier alpha value is 0.590. The number of hydrogen-bond acceptors (Lipinski definition) is 2. The van der Waals surface area contributed by atoms with Crippen molar-refractivity contribution < 1.29 is 5.11 Å². The Morgan fingerprint density at radius 1 is 1.50 bits per heavy atom. The molecule has 0 unspecified atom stereocenters. The molecule has 0 aromatic carbocycles. The Morgan fingerprint density at radius 3 is 2.60 bits per heavy atom. The van der Waals surface area contributed by atoms with Crippen LogP contribution in [0.4, 0.5) is 0 Å². The van der Waals surface area contributed by atoms with Gasteiger partial charge in [-0.15, -0.1) is 0 Å². The average Bonchev–Trinajstić information content (AvgIpc) is 1.88. The number of aromatic nitrogens is 1. The molecule has 0 aliphatic heterocycles. The molecular formula is C6H6BrNNaO. The molecule has 0 saturated carbocycles. The first-order valence-corrected chi connectivity index (χ1v) is 3.32. The zero-order chi connectivity index (χ0) is 6.69. The van der Waals surface area contributed by atoms with E-state index in [2.05, 4.69) is 20.9 Å². The van der Waals surface area contributed by atoms with Gasteiger partial charge in [-0.1, -0.05) is 0 Å². The van der Waals surface area contributed by atoms with Gasteiger partial charge in [0.2, 0.25) is 0 Å². The number of hydrogen-bond donors (Lipinski definition) is 1. The molecule has 1 N–H and O–H groups in total. The van der Waals surface area contributed by atoms with Crippen LogP contribution in [0.5, 0.6) is 0 Å². The van der Waals surface area contributed by atoms with Crippen molar-refractivity contribution in [2.75, 3.05) is 0 Å². The van der Waals surface area contributed by atoms with E-state index in [1.54, 1.807) is 12.4 Å². The van der Waals surface area contributed by atoms with Gasteiger partial charge in [0.15, 0.2) is 0 Å². The van der Waals surface area contributed by atoms with Crippen molar-refractivity contribution in [3.05, 3.63) is 28.5 Å². The van der Waals surface area contributed by atoms with Crippen molar-refractivity contribution in [3.63, 3.8) is 0 Å². The average molecular weight is 211 g/mol. The summed E-state index contributed by atoms with van der Waals surface area (Å²) >= 11 is 3.23. The molecule has 4 heteroatoms. The largest absolute Gasteiger partial charge is 0.392 e. The van der Waals surface area contributed by atoms with Gasteiger partial charge in [0.25, 0.3) is 0 Å². The molecule has 0 bridgehead atoms. The Kier molecular flexibility index (Phi) is 5.58. The Labute approximate surface area is 90.1 Å². The molecule has 1 aromatic rings. The fourth-order valence-electron chi connectivity index (χ4n) is 0.542. The summed E-state index contributed by atoms with van der Waals surface area (Å²) in [7, 11) is 0. The molecule has 0 atom stereocenters. The Balaban J connectivity index is 0.000000810. The number of pyridine rings is 1. The van der Waals surface area contributed by atoms with Crippen molar-refractivity contribution >= 4 is 45.5 Å². The number of aliphatic hydroxyl groups is 1. The van der Waals surface area contributed by atoms with Gasteiger partial charge in [0.1, 0.15) is 0 Å². The molecule has 0 saturated heterocycles. The molecule has 0 spiro atoms. The van der Waals surface area contributed by atoms with E-state index in [-0.39, 0.29) is 36.2 Å². The number of halogens is 1. The second-order valence-corrected chi connectivity index (χ2v) is 2.59. The number of aliphatic hydroxyl groups excluding tert-OH is 1. The van der Waals surface area contributed by atoms with Gasteiger partial charge in [-0.3, -0.25) is 4.98 Å². The first-order valence-electron chi connectivity index (χ1n) is 2.53. The molecule has 1 aromatic heterocycles. The van der Waals surface area contributed by atoms with Crippen molar-refractivity contribution in [2.24, 2.45) is 0 Å². The van der Waals surface area contributed by atoms with E-state index in [4.69, 9.17) is 5.11 Å². The Bertz CT molecular complexity index is 207. The minimum absolute atomic E-state index is 0. The van der Waals surface area contributed by atoms with Gasteiger partial charge in [-0.25, -0.2) is 0 Å². The van der Waals surface area contributed by atoms with Crippen molar-refractivity contribution in [1.29, 1.82) is 0 Å². The maximum absolute atomic E-state index is 8.60. The van der Waals surface area contributed by atoms with Gasteiger partial charge in [-0.05, 0) is 27.6 Å². The molecule has 2 nitrogen and oxygen atoms in total. The predicted molar refractivity (Wildman–Crippen MR) is 43.6 cm³/mol. The first kappa shape index (κ1) is 10.6. The molecule has 10 heavy (non-hydrogen) atoms. The van der Waals surface area contributed by atoms with Gasteiger partial charge in [0, 0.05) is 46.4 Å². The van der Waals surface area contributed by atoms with Crippen LogP contribution >= 0.6 is 15.9 Å². The topological polar surface area (TPSA) is 33.1 Å². The van der Waals surface area contributed by atoms with E-state index in [1.165, 1.54) is 0 Å². The molecule has 0 fully saturated rings. The van der Waals surface area contributed by atoms with Crippen LogP contribution in [0.3, 0.4) is 0 Å². The van der Waals surface area contributed by atoms with Crippen LogP contribution in [0.15, 0.2) is 22.9 Å². The van der Waals surface area contributed by atoms with E-state index in [1.807, 2.05) is 6.07 Å². The third-order valence-corrected chi connectivity index (χ3v) is 1.38. The van der Waals surface area contributed by atoms with Gasteiger partial charge < -0.3 is 5.11 Å². The van der Waals surface area contributed by atoms with E-state index in [9.17, 15) is 0 Å². The summed E-state index contributed by atoms with van der Waals surface area (Å²) in [5.41, 5.74) is 0.823. The van der Waals surface area contributed by atoms with Crippen LogP contribution in [0.25, 0.3) is 0 Å². The molecular weight excluding hydrogens is 205 g/mol. The standard InChI is InChI=1S/C6H6BrNO.Na/c7-6-1-5(4-9)2-8-3-6;/h1-3,9H,4H2;. The van der Waals surface area contributed by atoms with Gasteiger partial charge in [-0.2, -0.15) is 0 Å². The van der Waals surface area contributed by atoms with Gasteiger partial charge in [0.05, 0.1) is 6.61 Å². The summed E-state index contributed by atoms with van der Waals surface area (Å²) in [5, 5.41) is 8.60. The smallest absolute Gasteiger partial charge is 0.0697 e. The third kappa shape index (κ3) is 3.12. The third-order valence-electron chi connectivity index (χ3n) is 0.944. The zero-order valence-electron chi connectivity index (χ0n) is 5.71. The van der Waals surface area contributed by atoms with Crippen LogP contribution in [0, 0.1) is 0 Å². The molecule has 0 aliphatic carbocycles. The van der Waals surface area contributed by atoms with Crippen LogP contribution < -0.4 is 0 Å². The molecule has 1 radical (unpaired) electrons. The van der Waals surface area contributed by atoms with Crippen LogP contribution in [-0.2, 0) is 6.61 Å². The van der Waals surface area contributed by atoms with Gasteiger partial charge >= 0.3 is 0 Å². The monoisotopic (exact) mass is 210 g/mol. The molecule has 0 amide bonds. The van der Waals surface area contributed by atoms with E-state index < -0.39 is 0 Å². The van der Waals surface area contributed by atoms with E-state index in [0.29, 0.717) is 0 Å². The summed E-state index contributed by atoms with van der Waals surface area (Å²) in [5.74, 6) is 0. The fraction of sp³-hybridized carbons (Fsp3) is 0.167. The normalized spacial score (nSPS) is 8.60. The second-order valence-electron chi connectivity index (χ2n) is 1.67. The van der Waals surface area contributed by atoms with E-state index in [0.717, 1.165) is 10.0 Å². The molecule has 49 valence electrons. The summed E-state index contributed by atoms with van der Waals surface area (Å²) in [6.07, 6.45) is 3.31. The Morgan fingerprint density at radius 2 is 2.20 bits per heavy atom. The van der Waals surface area contributed by atoms with Crippen molar-refractivity contribution in [1.82, 2.24) is 4.98 Å². The number of rotatable bonds is 1. The summed E-state index contributed by atoms with van der Waals surface area (Å²) in [6.45, 7) is 0.0481. The van der Waals surface area contributed by atoms with Crippen LogP contribution in [0.2, 0.25) is 0 Å². The molecule has 0 aliphatic rings. The minimum atomic E-state index is 0. The van der Waals surface area contributed by atoms with Crippen molar-refractivity contribution in [3.8, 4) is 0 Å². The van der Waals surface area contributed by atoms with Crippen LogP contribution in [-0.4, -0.2) is 39.6 Å². The number of nitrogens with zero attached hydrogens (tertiary/aromatic N) is 1. The quantitative estimate of drug-likeness (QED) is 0.701. The van der Waals surface area contributed by atoms with E-state index >= 15 is 0 Å². The zero-order valence-corrected chi connectivity index (χ0v) is 9.30. The predicted octanol–water partition coefficient (Wildman–Crippen LogP) is 0.956. The summed E-state index contributed by atoms with van der Waals surface area (Å²) < 4.78 is 0.897. The summed E-state index contributed by atoms with van der Waals surface area (Å²) in [4.78, 5) is 3.85. The molecule has 1 heterocycles. The SMILES string of the molecule is OCc1cncc(Br)c1.[Na]. The minimum Gasteiger partial charge on any atom is -0.392 e.